The molecule has 1 heterocycles. The van der Waals surface area contributed by atoms with Crippen LogP contribution in [0, 0.1) is 11.8 Å². The summed E-state index contributed by atoms with van der Waals surface area (Å²) >= 11 is 0. The van der Waals surface area contributed by atoms with Crippen LogP contribution in [0.1, 0.15) is 5.69 Å². The predicted octanol–water partition coefficient (Wildman–Crippen LogP) is 0.00760. The second-order valence-electron chi connectivity index (χ2n) is 1.93. The second kappa shape index (κ2) is 3.59. The minimum absolute atomic E-state index is 0.156. The van der Waals surface area contributed by atoms with Gasteiger partial charge in [-0.15, -0.1) is 0 Å². The van der Waals surface area contributed by atoms with Gasteiger partial charge in [0.25, 0.3) is 0 Å². The van der Waals surface area contributed by atoms with Crippen LogP contribution in [-0.2, 0) is 0 Å². The van der Waals surface area contributed by atoms with Gasteiger partial charge >= 0.3 is 0 Å². The van der Waals surface area contributed by atoms with Crippen LogP contribution in [0.15, 0.2) is 18.3 Å². The van der Waals surface area contributed by atoms with Crippen LogP contribution in [0.4, 0.5) is 5.69 Å². The summed E-state index contributed by atoms with van der Waals surface area (Å²) in [5.74, 6) is 5.12. The highest BCUT2D eigenvalue weighted by Crippen LogP contribution is 2.00. The number of nitrogens with zero attached hydrogens (tertiary/aromatic N) is 1. The molecule has 3 N–H and O–H groups in total. The highest BCUT2D eigenvalue weighted by atomic mass is 16.2. The van der Waals surface area contributed by atoms with E-state index in [2.05, 4.69) is 16.8 Å². The van der Waals surface area contributed by atoms with Crippen molar-refractivity contribution in [2.45, 2.75) is 0 Å². The molecule has 0 radical (unpaired) electrons. The first-order valence-corrected chi connectivity index (χ1v) is 3.14. The van der Waals surface area contributed by atoms with E-state index < -0.39 is 0 Å². The Morgan fingerprint density at radius 2 is 2.45 bits per heavy atom. The van der Waals surface area contributed by atoms with Gasteiger partial charge in [0.1, 0.15) is 12.3 Å². The first-order valence-electron chi connectivity index (χ1n) is 3.14. The third-order valence-corrected chi connectivity index (χ3v) is 1.08. The van der Waals surface area contributed by atoms with Crippen molar-refractivity contribution in [1.29, 1.82) is 0 Å². The smallest absolute Gasteiger partial charge is 0.115 e. The number of nitrogens with two attached hydrogens (primary N) is 1. The summed E-state index contributed by atoms with van der Waals surface area (Å²) in [6, 6.07) is 3.34. The molecule has 0 unspecified atom stereocenters. The average molecular weight is 148 g/mol. The first-order chi connectivity index (χ1) is 5.33. The maximum absolute atomic E-state index is 8.36. The molecule has 0 aromatic carbocycles. The number of pyridine rings is 1. The van der Waals surface area contributed by atoms with Crippen LogP contribution < -0.4 is 5.73 Å². The quantitative estimate of drug-likeness (QED) is 0.509. The predicted molar refractivity (Wildman–Crippen MR) is 42.6 cm³/mol. The minimum atomic E-state index is -0.156. The third-order valence-electron chi connectivity index (χ3n) is 1.08. The molecule has 0 aliphatic carbocycles. The average Bonchev–Trinajstić information content (AvgIpc) is 2.01. The summed E-state index contributed by atoms with van der Waals surface area (Å²) in [7, 11) is 0. The van der Waals surface area contributed by atoms with Gasteiger partial charge in [-0.25, -0.2) is 4.98 Å². The Hall–Kier alpha value is -1.53. The molecule has 11 heavy (non-hydrogen) atoms. The molecule has 0 atom stereocenters. The molecule has 0 spiro atoms. The van der Waals surface area contributed by atoms with Crippen molar-refractivity contribution in [3.8, 4) is 11.8 Å². The Morgan fingerprint density at radius 1 is 1.64 bits per heavy atom. The van der Waals surface area contributed by atoms with E-state index in [4.69, 9.17) is 10.8 Å². The van der Waals surface area contributed by atoms with Crippen molar-refractivity contribution >= 4 is 5.69 Å². The third kappa shape index (κ3) is 2.28. The highest BCUT2D eigenvalue weighted by molar-refractivity contribution is 5.42. The number of aromatic nitrogens is 1. The molecule has 0 saturated carbocycles. The Balaban J connectivity index is 2.87. The Labute approximate surface area is 64.9 Å². The van der Waals surface area contributed by atoms with Gasteiger partial charge in [-0.1, -0.05) is 5.92 Å². The standard InChI is InChI=1S/C8H8N2O/c9-7-3-4-10-8(6-7)2-1-5-11/h3-4,6,11H,5H2,(H2,9,10). The number of aliphatic hydroxyl groups is 1. The fourth-order valence-corrected chi connectivity index (χ4v) is 0.645. The van der Waals surface area contributed by atoms with Crippen LogP contribution >= 0.6 is 0 Å². The normalized spacial score (nSPS) is 8.45. The summed E-state index contributed by atoms with van der Waals surface area (Å²) < 4.78 is 0. The summed E-state index contributed by atoms with van der Waals surface area (Å²) in [4.78, 5) is 3.91. The topological polar surface area (TPSA) is 59.1 Å². The number of nitrogen functional groups attached to an aromatic ring is 1. The molecular formula is C8H8N2O. The van der Waals surface area contributed by atoms with Crippen LogP contribution in [0.5, 0.6) is 0 Å². The SMILES string of the molecule is Nc1ccnc(C#CCO)c1. The number of hydrogen-bond acceptors (Lipinski definition) is 3. The molecule has 3 nitrogen and oxygen atoms in total. The minimum Gasteiger partial charge on any atom is -0.399 e. The summed E-state index contributed by atoms with van der Waals surface area (Å²) in [5, 5.41) is 8.36. The molecular weight excluding hydrogens is 140 g/mol. The summed E-state index contributed by atoms with van der Waals surface area (Å²) in [6.45, 7) is -0.156. The van der Waals surface area contributed by atoms with Gasteiger partial charge in [0.15, 0.2) is 0 Å². The zero-order valence-corrected chi connectivity index (χ0v) is 5.91. The van der Waals surface area contributed by atoms with Crippen molar-refractivity contribution < 1.29 is 5.11 Å². The summed E-state index contributed by atoms with van der Waals surface area (Å²) in [6.07, 6.45) is 1.58. The van der Waals surface area contributed by atoms with E-state index in [0.717, 1.165) is 0 Å². The monoisotopic (exact) mass is 148 g/mol. The fourth-order valence-electron chi connectivity index (χ4n) is 0.645. The van der Waals surface area contributed by atoms with Crippen molar-refractivity contribution in [2.24, 2.45) is 0 Å². The molecule has 1 aromatic heterocycles. The van der Waals surface area contributed by atoms with Gasteiger partial charge in [-0.3, -0.25) is 0 Å². The van der Waals surface area contributed by atoms with Gasteiger partial charge in [0, 0.05) is 11.9 Å². The molecule has 1 aromatic rings. The fraction of sp³-hybridized carbons (Fsp3) is 0.125. The lowest BCUT2D eigenvalue weighted by atomic mass is 10.3. The lowest BCUT2D eigenvalue weighted by molar-refractivity contribution is 0.350. The second-order valence-corrected chi connectivity index (χ2v) is 1.93. The maximum Gasteiger partial charge on any atom is 0.115 e. The zero-order valence-electron chi connectivity index (χ0n) is 5.91. The molecule has 0 bridgehead atoms. The lowest BCUT2D eigenvalue weighted by Gasteiger charge is -1.90. The molecule has 0 amide bonds. The molecule has 0 aliphatic rings. The Morgan fingerprint density at radius 3 is 3.09 bits per heavy atom. The van der Waals surface area contributed by atoms with Gasteiger partial charge in [-0.2, -0.15) is 0 Å². The van der Waals surface area contributed by atoms with Crippen molar-refractivity contribution in [3.05, 3.63) is 24.0 Å². The Bertz CT molecular complexity index is 298. The van der Waals surface area contributed by atoms with E-state index in [0.29, 0.717) is 11.4 Å². The highest BCUT2D eigenvalue weighted by Gasteiger charge is 1.87. The number of aliphatic hydroxyl groups excluding tert-OH is 1. The molecule has 3 heteroatoms. The molecule has 56 valence electrons. The number of rotatable bonds is 0. The summed E-state index contributed by atoms with van der Waals surface area (Å²) in [5.41, 5.74) is 6.67. The maximum atomic E-state index is 8.36. The Kier molecular flexibility index (Phi) is 2.47. The van der Waals surface area contributed by atoms with Gasteiger partial charge < -0.3 is 10.8 Å². The van der Waals surface area contributed by atoms with Crippen molar-refractivity contribution in [2.75, 3.05) is 12.3 Å². The largest absolute Gasteiger partial charge is 0.399 e. The van der Waals surface area contributed by atoms with E-state index in [1.807, 2.05) is 0 Å². The molecule has 1 rings (SSSR count). The number of anilines is 1. The van der Waals surface area contributed by atoms with Gasteiger partial charge in [0.2, 0.25) is 0 Å². The van der Waals surface area contributed by atoms with E-state index in [9.17, 15) is 0 Å². The molecule has 0 aliphatic heterocycles. The van der Waals surface area contributed by atoms with E-state index >= 15 is 0 Å². The zero-order chi connectivity index (χ0) is 8.10. The van der Waals surface area contributed by atoms with Gasteiger partial charge in [-0.05, 0) is 18.1 Å². The van der Waals surface area contributed by atoms with E-state index in [1.54, 1.807) is 18.3 Å². The van der Waals surface area contributed by atoms with Crippen LogP contribution in [-0.4, -0.2) is 16.7 Å². The molecule has 0 fully saturated rings. The van der Waals surface area contributed by atoms with Crippen LogP contribution in [0.2, 0.25) is 0 Å². The first kappa shape index (κ1) is 7.58. The van der Waals surface area contributed by atoms with Crippen molar-refractivity contribution in [1.82, 2.24) is 4.98 Å². The van der Waals surface area contributed by atoms with Crippen molar-refractivity contribution in [3.63, 3.8) is 0 Å². The van der Waals surface area contributed by atoms with Crippen LogP contribution in [0.3, 0.4) is 0 Å². The number of hydrogen-bond donors (Lipinski definition) is 2. The van der Waals surface area contributed by atoms with E-state index in [1.165, 1.54) is 0 Å². The lowest BCUT2D eigenvalue weighted by Crippen LogP contribution is -1.88. The molecule has 0 saturated heterocycles. The van der Waals surface area contributed by atoms with E-state index in [-0.39, 0.29) is 6.61 Å². The van der Waals surface area contributed by atoms with Crippen LogP contribution in [0.25, 0.3) is 0 Å². The van der Waals surface area contributed by atoms with Gasteiger partial charge in [0.05, 0.1) is 0 Å².